The molecule has 2 rings (SSSR count). The zero-order chi connectivity index (χ0) is 14.0. The van der Waals surface area contributed by atoms with Crippen LogP contribution in [-0.2, 0) is 0 Å². The fraction of sp³-hybridized carbons (Fsp3) is 0.0714. The zero-order valence-corrected chi connectivity index (χ0v) is 10.3. The number of benzene rings is 2. The van der Waals surface area contributed by atoms with Gasteiger partial charge in [-0.1, -0.05) is 18.2 Å². The first-order valence-corrected chi connectivity index (χ1v) is 5.62. The first kappa shape index (κ1) is 12.9. The second-order valence-corrected chi connectivity index (χ2v) is 4.05. The first-order chi connectivity index (χ1) is 9.02. The van der Waals surface area contributed by atoms with Crippen molar-refractivity contribution in [2.75, 3.05) is 17.7 Å². The van der Waals surface area contributed by atoms with Crippen molar-refractivity contribution in [1.29, 1.82) is 0 Å². The largest absolute Gasteiger partial charge is 0.478 e. The Morgan fingerprint density at radius 2 is 1.84 bits per heavy atom. The molecule has 2 aromatic rings. The second kappa shape index (κ2) is 4.97. The smallest absolute Gasteiger partial charge is 0.340 e. The Balaban J connectivity index is 2.57. The molecule has 5 heteroatoms. The highest BCUT2D eigenvalue weighted by atomic mass is 19.1. The summed E-state index contributed by atoms with van der Waals surface area (Å²) in [4.78, 5) is 12.9. The fourth-order valence-electron chi connectivity index (χ4n) is 1.88. The molecule has 0 fully saturated rings. The third-order valence-electron chi connectivity index (χ3n) is 2.89. The van der Waals surface area contributed by atoms with Crippen molar-refractivity contribution in [1.82, 2.24) is 0 Å². The van der Waals surface area contributed by atoms with E-state index in [4.69, 9.17) is 5.73 Å². The summed E-state index contributed by atoms with van der Waals surface area (Å²) in [5, 5.41) is 9.19. The lowest BCUT2D eigenvalue weighted by molar-refractivity contribution is 0.0698. The molecule has 0 aromatic heterocycles. The molecule has 0 aliphatic heterocycles. The molecule has 3 N–H and O–H groups in total. The van der Waals surface area contributed by atoms with E-state index in [-0.39, 0.29) is 11.3 Å². The number of nitrogen functional groups attached to an aromatic ring is 1. The Labute approximate surface area is 109 Å². The molecule has 0 atom stereocenters. The van der Waals surface area contributed by atoms with Crippen molar-refractivity contribution in [3.63, 3.8) is 0 Å². The van der Waals surface area contributed by atoms with Crippen molar-refractivity contribution in [3.05, 3.63) is 53.8 Å². The molecule has 98 valence electrons. The summed E-state index contributed by atoms with van der Waals surface area (Å²) in [5.74, 6) is -1.99. The average molecular weight is 260 g/mol. The summed E-state index contributed by atoms with van der Waals surface area (Å²) >= 11 is 0. The van der Waals surface area contributed by atoms with Gasteiger partial charge in [-0.25, -0.2) is 9.18 Å². The summed E-state index contributed by atoms with van der Waals surface area (Å²) in [6.45, 7) is 0. The SMILES string of the molecule is CN(c1ccccc1)c1ccc(F)c(N)c1C(=O)O. The van der Waals surface area contributed by atoms with E-state index in [9.17, 15) is 14.3 Å². The maximum Gasteiger partial charge on any atom is 0.340 e. The maximum atomic E-state index is 13.4. The minimum Gasteiger partial charge on any atom is -0.478 e. The van der Waals surface area contributed by atoms with Gasteiger partial charge in [0.2, 0.25) is 0 Å². The topological polar surface area (TPSA) is 66.6 Å². The van der Waals surface area contributed by atoms with E-state index in [0.717, 1.165) is 11.8 Å². The van der Waals surface area contributed by atoms with Gasteiger partial charge in [-0.15, -0.1) is 0 Å². The molecule has 0 saturated heterocycles. The Morgan fingerprint density at radius 1 is 1.21 bits per heavy atom. The third kappa shape index (κ3) is 2.35. The lowest BCUT2D eigenvalue weighted by atomic mass is 10.1. The van der Waals surface area contributed by atoms with Crippen LogP contribution in [0.1, 0.15) is 10.4 Å². The van der Waals surface area contributed by atoms with E-state index >= 15 is 0 Å². The summed E-state index contributed by atoms with van der Waals surface area (Å²) in [5.41, 5.74) is 6.07. The Bertz CT molecular complexity index is 614. The summed E-state index contributed by atoms with van der Waals surface area (Å²) < 4.78 is 13.4. The number of hydrogen-bond donors (Lipinski definition) is 2. The van der Waals surface area contributed by atoms with Crippen molar-refractivity contribution >= 4 is 23.0 Å². The van der Waals surface area contributed by atoms with Crippen LogP contribution in [-0.4, -0.2) is 18.1 Å². The van der Waals surface area contributed by atoms with Crippen molar-refractivity contribution in [2.24, 2.45) is 0 Å². The number of rotatable bonds is 3. The lowest BCUT2D eigenvalue weighted by Crippen LogP contribution is -2.16. The Kier molecular flexibility index (Phi) is 3.37. The fourth-order valence-corrected chi connectivity index (χ4v) is 1.88. The molecule has 0 heterocycles. The van der Waals surface area contributed by atoms with Crippen molar-refractivity contribution in [2.45, 2.75) is 0 Å². The number of aromatic carboxylic acids is 1. The van der Waals surface area contributed by atoms with Gasteiger partial charge < -0.3 is 15.7 Å². The third-order valence-corrected chi connectivity index (χ3v) is 2.89. The molecule has 0 unspecified atom stereocenters. The van der Waals surface area contributed by atoms with Gasteiger partial charge in [-0.05, 0) is 24.3 Å². The van der Waals surface area contributed by atoms with Gasteiger partial charge in [0, 0.05) is 12.7 Å². The van der Waals surface area contributed by atoms with E-state index in [1.54, 1.807) is 11.9 Å². The Hall–Kier alpha value is -2.56. The number of para-hydroxylation sites is 1. The van der Waals surface area contributed by atoms with Gasteiger partial charge in [0.15, 0.2) is 0 Å². The van der Waals surface area contributed by atoms with E-state index in [2.05, 4.69) is 0 Å². The van der Waals surface area contributed by atoms with Crippen LogP contribution in [0.2, 0.25) is 0 Å². The molecule has 0 amide bonds. The molecule has 0 spiro atoms. The normalized spacial score (nSPS) is 10.2. The number of carboxylic acids is 1. The average Bonchev–Trinajstić information content (AvgIpc) is 2.41. The number of carboxylic acid groups (broad SMARTS) is 1. The van der Waals surface area contributed by atoms with Crippen molar-refractivity contribution < 1.29 is 14.3 Å². The van der Waals surface area contributed by atoms with Gasteiger partial charge >= 0.3 is 5.97 Å². The van der Waals surface area contributed by atoms with Crippen LogP contribution < -0.4 is 10.6 Å². The highest BCUT2D eigenvalue weighted by Crippen LogP contribution is 2.31. The van der Waals surface area contributed by atoms with E-state index < -0.39 is 11.8 Å². The monoisotopic (exact) mass is 260 g/mol. The number of nitrogens with zero attached hydrogens (tertiary/aromatic N) is 1. The van der Waals surface area contributed by atoms with Gasteiger partial charge in [0.25, 0.3) is 0 Å². The number of halogens is 1. The molecule has 0 bridgehead atoms. The number of hydrogen-bond acceptors (Lipinski definition) is 3. The molecule has 0 saturated carbocycles. The zero-order valence-electron chi connectivity index (χ0n) is 10.3. The van der Waals surface area contributed by atoms with Gasteiger partial charge in [-0.2, -0.15) is 0 Å². The molecule has 2 aromatic carbocycles. The number of nitrogens with two attached hydrogens (primary N) is 1. The van der Waals surface area contributed by atoms with E-state index in [1.807, 2.05) is 30.3 Å². The predicted octanol–water partition coefficient (Wildman–Crippen LogP) is 2.87. The molecular weight excluding hydrogens is 247 g/mol. The maximum absolute atomic E-state index is 13.4. The quantitative estimate of drug-likeness (QED) is 0.833. The van der Waals surface area contributed by atoms with Crippen molar-refractivity contribution in [3.8, 4) is 0 Å². The highest BCUT2D eigenvalue weighted by Gasteiger charge is 2.20. The first-order valence-electron chi connectivity index (χ1n) is 5.62. The van der Waals surface area contributed by atoms with Crippen LogP contribution in [0.15, 0.2) is 42.5 Å². The molecule has 4 nitrogen and oxygen atoms in total. The summed E-state index contributed by atoms with van der Waals surface area (Å²) in [7, 11) is 1.70. The van der Waals surface area contributed by atoms with Crippen LogP contribution in [0.25, 0.3) is 0 Å². The summed E-state index contributed by atoms with van der Waals surface area (Å²) in [6, 6.07) is 11.7. The summed E-state index contributed by atoms with van der Waals surface area (Å²) in [6.07, 6.45) is 0. The molecule has 0 radical (unpaired) electrons. The van der Waals surface area contributed by atoms with E-state index in [0.29, 0.717) is 5.69 Å². The molecule has 0 aliphatic carbocycles. The lowest BCUT2D eigenvalue weighted by Gasteiger charge is -2.22. The van der Waals surface area contributed by atoms with Crippen LogP contribution in [0, 0.1) is 5.82 Å². The standard InChI is InChI=1S/C14H13FN2O2/c1-17(9-5-3-2-4-6-9)11-8-7-10(15)13(16)12(11)14(18)19/h2-8H,16H2,1H3,(H,18,19). The molecule has 19 heavy (non-hydrogen) atoms. The number of anilines is 3. The van der Waals surface area contributed by atoms with Gasteiger partial charge in [0.1, 0.15) is 11.4 Å². The van der Waals surface area contributed by atoms with Crippen LogP contribution in [0.3, 0.4) is 0 Å². The van der Waals surface area contributed by atoms with Gasteiger partial charge in [-0.3, -0.25) is 0 Å². The molecular formula is C14H13FN2O2. The predicted molar refractivity (Wildman–Crippen MR) is 72.3 cm³/mol. The molecule has 0 aliphatic rings. The second-order valence-electron chi connectivity index (χ2n) is 4.05. The highest BCUT2D eigenvalue weighted by molar-refractivity contribution is 6.01. The van der Waals surface area contributed by atoms with E-state index in [1.165, 1.54) is 6.07 Å². The van der Waals surface area contributed by atoms with Crippen LogP contribution in [0.4, 0.5) is 21.5 Å². The van der Waals surface area contributed by atoms with Crippen LogP contribution in [0.5, 0.6) is 0 Å². The number of carbonyl (C=O) groups is 1. The Morgan fingerprint density at radius 3 is 2.42 bits per heavy atom. The minimum absolute atomic E-state index is 0.230. The van der Waals surface area contributed by atoms with Crippen LogP contribution >= 0.6 is 0 Å². The van der Waals surface area contributed by atoms with Gasteiger partial charge in [0.05, 0.1) is 11.4 Å². The minimum atomic E-state index is -1.25.